The Morgan fingerprint density at radius 3 is 2.78 bits per heavy atom. The van der Waals surface area contributed by atoms with Gasteiger partial charge in [0.25, 0.3) is 0 Å². The van der Waals surface area contributed by atoms with Crippen LogP contribution in [-0.4, -0.2) is 55.9 Å². The number of ether oxygens (including phenoxy) is 1. The molecule has 104 valence electrons. The standard InChI is InChI=1S/C13H25N3O2/c1-2-14-11-3-5-12(6-4-11)18-10-9-16-8-7-15-13(16)17/h11-12,14H,2-10H2,1H3,(H,15,17). The second-order valence-electron chi connectivity index (χ2n) is 5.12. The van der Waals surface area contributed by atoms with Crippen LogP contribution in [0.5, 0.6) is 0 Å². The molecule has 2 aliphatic rings. The monoisotopic (exact) mass is 255 g/mol. The highest BCUT2D eigenvalue weighted by Crippen LogP contribution is 2.21. The van der Waals surface area contributed by atoms with Crippen LogP contribution in [0, 0.1) is 0 Å². The molecule has 0 aromatic carbocycles. The summed E-state index contributed by atoms with van der Waals surface area (Å²) in [4.78, 5) is 13.1. The summed E-state index contributed by atoms with van der Waals surface area (Å²) in [6.07, 6.45) is 5.10. The van der Waals surface area contributed by atoms with Crippen LogP contribution in [0.4, 0.5) is 4.79 Å². The van der Waals surface area contributed by atoms with E-state index < -0.39 is 0 Å². The number of carbonyl (C=O) groups is 1. The van der Waals surface area contributed by atoms with Crippen molar-refractivity contribution in [1.29, 1.82) is 0 Å². The minimum atomic E-state index is 0.0504. The number of urea groups is 1. The van der Waals surface area contributed by atoms with Crippen molar-refractivity contribution in [1.82, 2.24) is 15.5 Å². The molecule has 1 aliphatic carbocycles. The first-order chi connectivity index (χ1) is 8.79. The average molecular weight is 255 g/mol. The molecule has 0 radical (unpaired) electrons. The largest absolute Gasteiger partial charge is 0.376 e. The molecule has 2 amide bonds. The lowest BCUT2D eigenvalue weighted by Crippen LogP contribution is -2.36. The van der Waals surface area contributed by atoms with Gasteiger partial charge in [-0.1, -0.05) is 6.92 Å². The zero-order valence-electron chi connectivity index (χ0n) is 11.3. The van der Waals surface area contributed by atoms with Crippen LogP contribution in [-0.2, 0) is 4.74 Å². The van der Waals surface area contributed by atoms with E-state index in [4.69, 9.17) is 4.74 Å². The number of hydrogen-bond donors (Lipinski definition) is 2. The van der Waals surface area contributed by atoms with Gasteiger partial charge in [0.15, 0.2) is 0 Å². The van der Waals surface area contributed by atoms with Crippen LogP contribution in [0.25, 0.3) is 0 Å². The van der Waals surface area contributed by atoms with Gasteiger partial charge in [-0.3, -0.25) is 0 Å². The molecule has 1 heterocycles. The molecule has 0 spiro atoms. The van der Waals surface area contributed by atoms with E-state index >= 15 is 0 Å². The maximum atomic E-state index is 11.3. The van der Waals surface area contributed by atoms with Crippen molar-refractivity contribution in [2.24, 2.45) is 0 Å². The van der Waals surface area contributed by atoms with Crippen molar-refractivity contribution in [2.75, 3.05) is 32.8 Å². The molecule has 2 N–H and O–H groups in total. The summed E-state index contributed by atoms with van der Waals surface area (Å²) in [5.74, 6) is 0. The Balaban J connectivity index is 1.56. The van der Waals surface area contributed by atoms with Crippen molar-refractivity contribution in [3.05, 3.63) is 0 Å². The van der Waals surface area contributed by atoms with E-state index in [2.05, 4.69) is 17.6 Å². The van der Waals surface area contributed by atoms with E-state index in [9.17, 15) is 4.79 Å². The molecular weight excluding hydrogens is 230 g/mol. The molecule has 0 aromatic rings. The average Bonchev–Trinajstić information content (AvgIpc) is 2.78. The van der Waals surface area contributed by atoms with Crippen molar-refractivity contribution >= 4 is 6.03 Å². The minimum Gasteiger partial charge on any atom is -0.376 e. The summed E-state index contributed by atoms with van der Waals surface area (Å²) in [5.41, 5.74) is 0. The fraction of sp³-hybridized carbons (Fsp3) is 0.923. The highest BCUT2D eigenvalue weighted by molar-refractivity contribution is 5.76. The van der Waals surface area contributed by atoms with E-state index in [1.54, 1.807) is 0 Å². The van der Waals surface area contributed by atoms with Crippen LogP contribution >= 0.6 is 0 Å². The van der Waals surface area contributed by atoms with Crippen LogP contribution in [0.1, 0.15) is 32.6 Å². The number of amides is 2. The van der Waals surface area contributed by atoms with E-state index in [0.717, 1.165) is 39.0 Å². The third-order valence-electron chi connectivity index (χ3n) is 3.83. The van der Waals surface area contributed by atoms with Crippen molar-refractivity contribution < 1.29 is 9.53 Å². The molecule has 1 saturated heterocycles. The molecule has 0 unspecified atom stereocenters. The summed E-state index contributed by atoms with van der Waals surface area (Å²) in [5, 5.41) is 6.30. The lowest BCUT2D eigenvalue weighted by Gasteiger charge is -2.29. The molecule has 2 rings (SSSR count). The lowest BCUT2D eigenvalue weighted by atomic mass is 9.93. The second kappa shape index (κ2) is 6.95. The van der Waals surface area contributed by atoms with E-state index in [-0.39, 0.29) is 6.03 Å². The maximum absolute atomic E-state index is 11.3. The minimum absolute atomic E-state index is 0.0504. The van der Waals surface area contributed by atoms with Crippen LogP contribution in [0.2, 0.25) is 0 Å². The lowest BCUT2D eigenvalue weighted by molar-refractivity contribution is 0.0167. The molecule has 5 nitrogen and oxygen atoms in total. The molecule has 0 aromatic heterocycles. The first kappa shape index (κ1) is 13.6. The predicted molar refractivity (Wildman–Crippen MR) is 70.6 cm³/mol. The normalized spacial score (nSPS) is 28.5. The zero-order chi connectivity index (χ0) is 12.8. The molecule has 0 bridgehead atoms. The van der Waals surface area contributed by atoms with Gasteiger partial charge in [0, 0.05) is 25.7 Å². The molecule has 1 aliphatic heterocycles. The smallest absolute Gasteiger partial charge is 0.317 e. The Bertz CT molecular complexity index is 265. The van der Waals surface area contributed by atoms with Gasteiger partial charge in [-0.2, -0.15) is 0 Å². The Morgan fingerprint density at radius 1 is 1.39 bits per heavy atom. The van der Waals surface area contributed by atoms with Crippen molar-refractivity contribution in [3.8, 4) is 0 Å². The second-order valence-corrected chi connectivity index (χ2v) is 5.12. The molecule has 18 heavy (non-hydrogen) atoms. The van der Waals surface area contributed by atoms with E-state index in [1.807, 2.05) is 4.90 Å². The SMILES string of the molecule is CCNC1CCC(OCCN2CCNC2=O)CC1. The number of hydrogen-bond acceptors (Lipinski definition) is 3. The highest BCUT2D eigenvalue weighted by atomic mass is 16.5. The number of nitrogens with zero attached hydrogens (tertiary/aromatic N) is 1. The summed E-state index contributed by atoms with van der Waals surface area (Å²) >= 11 is 0. The van der Waals surface area contributed by atoms with Gasteiger partial charge < -0.3 is 20.3 Å². The Labute approximate surface area is 109 Å². The van der Waals surface area contributed by atoms with Gasteiger partial charge in [0.05, 0.1) is 12.7 Å². The Kier molecular flexibility index (Phi) is 5.26. The van der Waals surface area contributed by atoms with Gasteiger partial charge in [-0.15, -0.1) is 0 Å². The third-order valence-corrected chi connectivity index (χ3v) is 3.83. The fourth-order valence-electron chi connectivity index (χ4n) is 2.78. The van der Waals surface area contributed by atoms with Crippen molar-refractivity contribution in [3.63, 3.8) is 0 Å². The Hall–Kier alpha value is -0.810. The molecular formula is C13H25N3O2. The molecule has 5 heteroatoms. The first-order valence-corrected chi connectivity index (χ1v) is 7.17. The van der Waals surface area contributed by atoms with E-state index in [1.165, 1.54) is 12.8 Å². The molecule has 0 atom stereocenters. The highest BCUT2D eigenvalue weighted by Gasteiger charge is 2.22. The van der Waals surface area contributed by atoms with Crippen LogP contribution in [0.15, 0.2) is 0 Å². The summed E-state index contributed by atoms with van der Waals surface area (Å²) in [6.45, 7) is 6.19. The number of rotatable bonds is 6. The summed E-state index contributed by atoms with van der Waals surface area (Å²) < 4.78 is 5.87. The Morgan fingerprint density at radius 2 is 2.17 bits per heavy atom. The molecule has 2 fully saturated rings. The number of nitrogens with one attached hydrogen (secondary N) is 2. The van der Waals surface area contributed by atoms with Crippen molar-refractivity contribution in [2.45, 2.75) is 44.8 Å². The fourth-order valence-corrected chi connectivity index (χ4v) is 2.78. The van der Waals surface area contributed by atoms with Crippen LogP contribution in [0.3, 0.4) is 0 Å². The van der Waals surface area contributed by atoms with Gasteiger partial charge >= 0.3 is 6.03 Å². The quantitative estimate of drug-likeness (QED) is 0.743. The maximum Gasteiger partial charge on any atom is 0.317 e. The zero-order valence-corrected chi connectivity index (χ0v) is 11.3. The molecule has 1 saturated carbocycles. The third kappa shape index (κ3) is 3.85. The van der Waals surface area contributed by atoms with Crippen LogP contribution < -0.4 is 10.6 Å². The predicted octanol–water partition coefficient (Wildman–Crippen LogP) is 0.949. The topological polar surface area (TPSA) is 53.6 Å². The van der Waals surface area contributed by atoms with Gasteiger partial charge in [0.2, 0.25) is 0 Å². The number of carbonyl (C=O) groups excluding carboxylic acids is 1. The summed E-state index contributed by atoms with van der Waals surface area (Å²) in [7, 11) is 0. The van der Waals surface area contributed by atoms with Gasteiger partial charge in [0.1, 0.15) is 0 Å². The van der Waals surface area contributed by atoms with Gasteiger partial charge in [-0.05, 0) is 32.2 Å². The van der Waals surface area contributed by atoms with E-state index in [0.29, 0.717) is 18.8 Å². The van der Waals surface area contributed by atoms with Gasteiger partial charge in [-0.25, -0.2) is 4.79 Å². The summed E-state index contributed by atoms with van der Waals surface area (Å²) in [6, 6.07) is 0.730. The first-order valence-electron chi connectivity index (χ1n) is 7.17.